The summed E-state index contributed by atoms with van der Waals surface area (Å²) in [5, 5.41) is 9.11. The lowest BCUT2D eigenvalue weighted by molar-refractivity contribution is -0.136. The molecular weight excluding hydrogens is 348 g/mol. The van der Waals surface area contributed by atoms with E-state index in [1.807, 2.05) is 43.3 Å². The van der Waals surface area contributed by atoms with Crippen LogP contribution in [0.25, 0.3) is 22.1 Å². The first-order valence-electron chi connectivity index (χ1n) is 7.19. The van der Waals surface area contributed by atoms with E-state index in [1.54, 1.807) is 12.1 Å². The van der Waals surface area contributed by atoms with Crippen molar-refractivity contribution in [2.45, 2.75) is 6.42 Å². The molecular formula is C17H15ClN2O3S. The highest BCUT2D eigenvalue weighted by Crippen LogP contribution is 2.36. The van der Waals surface area contributed by atoms with Gasteiger partial charge in [-0.05, 0) is 36.4 Å². The Bertz CT molecular complexity index is 868. The van der Waals surface area contributed by atoms with Gasteiger partial charge < -0.3 is 14.4 Å². The zero-order valence-electron chi connectivity index (χ0n) is 13.1. The van der Waals surface area contributed by atoms with Crippen LogP contribution in [0.15, 0.2) is 40.8 Å². The number of hydrogen-bond acceptors (Lipinski definition) is 5. The third-order valence-electron chi connectivity index (χ3n) is 3.44. The fourth-order valence-electron chi connectivity index (χ4n) is 2.27. The van der Waals surface area contributed by atoms with Gasteiger partial charge in [0.25, 0.3) is 0 Å². The van der Waals surface area contributed by atoms with Crippen molar-refractivity contribution in [2.24, 2.45) is 0 Å². The van der Waals surface area contributed by atoms with Gasteiger partial charge in [-0.2, -0.15) is 0 Å². The normalized spacial score (nSPS) is 10.8. The van der Waals surface area contributed by atoms with Crippen LogP contribution in [0.5, 0.6) is 0 Å². The van der Waals surface area contributed by atoms with Gasteiger partial charge in [0.15, 0.2) is 5.76 Å². The van der Waals surface area contributed by atoms with Crippen LogP contribution in [0.2, 0.25) is 4.34 Å². The average molecular weight is 363 g/mol. The minimum Gasteiger partial charge on any atom is -0.481 e. The van der Waals surface area contributed by atoms with Crippen LogP contribution in [-0.4, -0.2) is 30.2 Å². The molecule has 0 unspecified atom stereocenters. The monoisotopic (exact) mass is 362 g/mol. The van der Waals surface area contributed by atoms with E-state index in [2.05, 4.69) is 4.98 Å². The molecule has 1 N–H and O–H groups in total. The first-order valence-corrected chi connectivity index (χ1v) is 8.38. The molecule has 7 heteroatoms. The first kappa shape index (κ1) is 16.5. The third kappa shape index (κ3) is 3.44. The van der Waals surface area contributed by atoms with E-state index >= 15 is 0 Å². The molecule has 0 atom stereocenters. The molecule has 3 rings (SSSR count). The van der Waals surface area contributed by atoms with Gasteiger partial charge in [0.05, 0.1) is 21.3 Å². The molecule has 1 aromatic carbocycles. The summed E-state index contributed by atoms with van der Waals surface area (Å²) in [4.78, 5) is 18.3. The molecule has 2 heterocycles. The van der Waals surface area contributed by atoms with E-state index in [0.29, 0.717) is 21.7 Å². The topological polar surface area (TPSA) is 66.6 Å². The number of carboxylic acids is 1. The standard InChI is InChI=1S/C17H15ClN2O3S/c1-20(2)11-5-3-10(4-6-11)17-19-12(9-15(21)22)16(23-17)13-7-8-14(18)24-13/h3-8H,9H2,1-2H3,(H,21,22). The summed E-state index contributed by atoms with van der Waals surface area (Å²) in [6.45, 7) is 0. The van der Waals surface area contributed by atoms with Crippen molar-refractivity contribution < 1.29 is 14.3 Å². The minimum atomic E-state index is -0.957. The van der Waals surface area contributed by atoms with E-state index in [1.165, 1.54) is 11.3 Å². The molecule has 0 fully saturated rings. The molecule has 0 aliphatic carbocycles. The van der Waals surface area contributed by atoms with Gasteiger partial charge in [-0.25, -0.2) is 4.98 Å². The maximum Gasteiger partial charge on any atom is 0.309 e. The van der Waals surface area contributed by atoms with E-state index in [-0.39, 0.29) is 6.42 Å². The zero-order valence-corrected chi connectivity index (χ0v) is 14.7. The lowest BCUT2D eigenvalue weighted by Crippen LogP contribution is -2.07. The minimum absolute atomic E-state index is 0.204. The average Bonchev–Trinajstić information content (AvgIpc) is 3.13. The fourth-order valence-corrected chi connectivity index (χ4v) is 3.32. The molecule has 0 bridgehead atoms. The Hall–Kier alpha value is -2.31. The molecule has 0 saturated carbocycles. The quantitative estimate of drug-likeness (QED) is 0.727. The number of hydrogen-bond donors (Lipinski definition) is 1. The zero-order chi connectivity index (χ0) is 17.3. The van der Waals surface area contributed by atoms with Gasteiger partial charge in [0.2, 0.25) is 5.89 Å². The molecule has 3 aromatic rings. The largest absolute Gasteiger partial charge is 0.481 e. The number of nitrogens with zero attached hydrogens (tertiary/aromatic N) is 2. The highest BCUT2D eigenvalue weighted by Gasteiger charge is 2.20. The highest BCUT2D eigenvalue weighted by molar-refractivity contribution is 7.19. The second-order valence-electron chi connectivity index (χ2n) is 5.41. The summed E-state index contributed by atoms with van der Waals surface area (Å²) < 4.78 is 6.48. The van der Waals surface area contributed by atoms with Crippen LogP contribution in [0, 0.1) is 0 Å². The Labute approximate surface area is 148 Å². The van der Waals surface area contributed by atoms with Crippen molar-refractivity contribution in [2.75, 3.05) is 19.0 Å². The van der Waals surface area contributed by atoms with Gasteiger partial charge in [0, 0.05) is 25.3 Å². The second kappa shape index (κ2) is 6.67. The summed E-state index contributed by atoms with van der Waals surface area (Å²) in [6.07, 6.45) is -0.204. The van der Waals surface area contributed by atoms with Gasteiger partial charge >= 0.3 is 5.97 Å². The lowest BCUT2D eigenvalue weighted by Gasteiger charge is -2.11. The number of aliphatic carboxylic acids is 1. The molecule has 5 nitrogen and oxygen atoms in total. The fraction of sp³-hybridized carbons (Fsp3) is 0.176. The number of rotatable bonds is 5. The Morgan fingerprint density at radius 3 is 2.50 bits per heavy atom. The van der Waals surface area contributed by atoms with E-state index in [4.69, 9.17) is 21.1 Å². The summed E-state index contributed by atoms with van der Waals surface area (Å²) in [6, 6.07) is 11.3. The number of carbonyl (C=O) groups is 1. The number of aromatic nitrogens is 1. The number of benzene rings is 1. The summed E-state index contributed by atoms with van der Waals surface area (Å²) in [5.41, 5.74) is 2.25. The number of halogens is 1. The molecule has 24 heavy (non-hydrogen) atoms. The van der Waals surface area contributed by atoms with Gasteiger partial charge in [-0.15, -0.1) is 11.3 Å². The van der Waals surface area contributed by atoms with Crippen LogP contribution in [0.3, 0.4) is 0 Å². The molecule has 0 aliphatic rings. The van der Waals surface area contributed by atoms with Crippen LogP contribution < -0.4 is 4.90 Å². The van der Waals surface area contributed by atoms with Gasteiger partial charge in [0.1, 0.15) is 0 Å². The molecule has 0 aliphatic heterocycles. The van der Waals surface area contributed by atoms with Crippen LogP contribution >= 0.6 is 22.9 Å². The van der Waals surface area contributed by atoms with E-state index in [9.17, 15) is 4.79 Å². The Kier molecular flexibility index (Phi) is 4.59. The van der Waals surface area contributed by atoms with Crippen LogP contribution in [0.1, 0.15) is 5.69 Å². The van der Waals surface area contributed by atoms with Crippen molar-refractivity contribution >= 4 is 34.6 Å². The Balaban J connectivity index is 2.02. The predicted molar refractivity (Wildman–Crippen MR) is 95.9 cm³/mol. The Morgan fingerprint density at radius 1 is 1.25 bits per heavy atom. The van der Waals surface area contributed by atoms with Gasteiger partial charge in [-0.1, -0.05) is 11.6 Å². The molecule has 124 valence electrons. The second-order valence-corrected chi connectivity index (χ2v) is 7.13. The predicted octanol–water partition coefficient (Wildman–Crippen LogP) is 4.42. The van der Waals surface area contributed by atoms with Crippen molar-refractivity contribution in [3.05, 3.63) is 46.4 Å². The molecule has 0 saturated heterocycles. The molecule has 0 amide bonds. The van der Waals surface area contributed by atoms with E-state index < -0.39 is 5.97 Å². The van der Waals surface area contributed by atoms with Crippen molar-refractivity contribution in [1.29, 1.82) is 0 Å². The van der Waals surface area contributed by atoms with Crippen molar-refractivity contribution in [1.82, 2.24) is 4.98 Å². The summed E-state index contributed by atoms with van der Waals surface area (Å²) in [7, 11) is 3.92. The highest BCUT2D eigenvalue weighted by atomic mass is 35.5. The smallest absolute Gasteiger partial charge is 0.309 e. The first-order chi connectivity index (χ1) is 11.4. The number of thiophene rings is 1. The maximum absolute atomic E-state index is 11.1. The van der Waals surface area contributed by atoms with Crippen molar-refractivity contribution in [3.8, 4) is 22.1 Å². The van der Waals surface area contributed by atoms with Gasteiger partial charge in [-0.3, -0.25) is 4.79 Å². The summed E-state index contributed by atoms with van der Waals surface area (Å²) >= 11 is 7.30. The van der Waals surface area contributed by atoms with Crippen LogP contribution in [-0.2, 0) is 11.2 Å². The maximum atomic E-state index is 11.1. The number of anilines is 1. The number of oxazole rings is 1. The lowest BCUT2D eigenvalue weighted by atomic mass is 10.2. The van der Waals surface area contributed by atoms with Crippen LogP contribution in [0.4, 0.5) is 5.69 Å². The Morgan fingerprint density at radius 2 is 1.96 bits per heavy atom. The third-order valence-corrected chi connectivity index (χ3v) is 4.67. The summed E-state index contributed by atoms with van der Waals surface area (Å²) in [5.74, 6) is -0.0984. The van der Waals surface area contributed by atoms with Crippen molar-refractivity contribution in [3.63, 3.8) is 0 Å². The molecule has 0 spiro atoms. The number of carboxylic acid groups (broad SMARTS) is 1. The van der Waals surface area contributed by atoms with E-state index in [0.717, 1.165) is 16.1 Å². The molecule has 2 aromatic heterocycles. The molecule has 0 radical (unpaired) electrons. The SMILES string of the molecule is CN(C)c1ccc(-c2nc(CC(=O)O)c(-c3ccc(Cl)s3)o2)cc1.